The van der Waals surface area contributed by atoms with Crippen LogP contribution in [0.1, 0.15) is 11.1 Å². The fraction of sp³-hybridized carbons (Fsp3) is 0.167. The number of anilines is 1. The van der Waals surface area contributed by atoms with Crippen molar-refractivity contribution in [2.75, 3.05) is 11.9 Å². The smallest absolute Gasteiger partial charge is 0.189 e. The highest BCUT2D eigenvalue weighted by molar-refractivity contribution is 7.80. The summed E-state index contributed by atoms with van der Waals surface area (Å²) in [4.78, 5) is 8.65. The summed E-state index contributed by atoms with van der Waals surface area (Å²) < 4.78 is 0. The van der Waals surface area contributed by atoms with Crippen LogP contribution < -0.4 is 10.6 Å². The lowest BCUT2D eigenvalue weighted by atomic mass is 10.1. The zero-order valence-corrected chi connectivity index (χ0v) is 15.0. The summed E-state index contributed by atoms with van der Waals surface area (Å²) >= 11 is 6.87. The molecule has 0 aliphatic rings. The minimum atomic E-state index is 0.593. The zero-order chi connectivity index (χ0) is 16.8. The Morgan fingerprint density at radius 3 is 2.88 bits per heavy atom. The molecule has 2 aromatic heterocycles. The van der Waals surface area contributed by atoms with Crippen LogP contribution in [0.3, 0.4) is 0 Å². The maximum Gasteiger partial charge on any atom is 0.189 e. The van der Waals surface area contributed by atoms with Crippen molar-refractivity contribution < 1.29 is 0 Å². The Bertz CT molecular complexity index is 815. The lowest BCUT2D eigenvalue weighted by molar-refractivity contribution is 0.867. The Morgan fingerprint density at radius 1 is 1.21 bits per heavy atom. The predicted molar refractivity (Wildman–Crippen MR) is 104 cm³/mol. The van der Waals surface area contributed by atoms with Crippen molar-refractivity contribution >= 4 is 33.8 Å². The van der Waals surface area contributed by atoms with Crippen molar-refractivity contribution in [3.8, 4) is 11.3 Å². The van der Waals surface area contributed by atoms with Gasteiger partial charge in [-0.2, -0.15) is 0 Å². The molecule has 0 radical (unpaired) electrons. The number of hydrogen-bond donors (Lipinski definition) is 2. The molecular formula is C18H18N4S2. The van der Waals surface area contributed by atoms with E-state index in [1.807, 2.05) is 17.5 Å². The van der Waals surface area contributed by atoms with Crippen molar-refractivity contribution in [2.24, 2.45) is 0 Å². The van der Waals surface area contributed by atoms with Gasteiger partial charge in [0.25, 0.3) is 0 Å². The van der Waals surface area contributed by atoms with Crippen molar-refractivity contribution in [3.05, 3.63) is 65.3 Å². The molecule has 0 saturated heterocycles. The lowest BCUT2D eigenvalue weighted by Gasteiger charge is -2.09. The van der Waals surface area contributed by atoms with E-state index in [-0.39, 0.29) is 0 Å². The molecule has 3 rings (SSSR count). The molecule has 0 atom stereocenters. The molecule has 0 unspecified atom stereocenters. The van der Waals surface area contributed by atoms with Crippen molar-refractivity contribution in [2.45, 2.75) is 13.3 Å². The second-order valence-electron chi connectivity index (χ2n) is 5.34. The van der Waals surface area contributed by atoms with Crippen LogP contribution in [-0.4, -0.2) is 21.6 Å². The molecule has 2 N–H and O–H groups in total. The minimum absolute atomic E-state index is 0.593. The Hall–Kier alpha value is -2.31. The second kappa shape index (κ2) is 7.99. The number of aryl methyl sites for hydroxylation is 1. The highest BCUT2D eigenvalue weighted by Crippen LogP contribution is 2.23. The van der Waals surface area contributed by atoms with E-state index < -0.39 is 0 Å². The summed E-state index contributed by atoms with van der Waals surface area (Å²) in [6.45, 7) is 2.92. The number of benzene rings is 1. The lowest BCUT2D eigenvalue weighted by Crippen LogP contribution is -2.30. The molecule has 1 aromatic carbocycles. The normalized spacial score (nSPS) is 10.4. The summed E-state index contributed by atoms with van der Waals surface area (Å²) in [6.07, 6.45) is 4.49. The molecule has 0 fully saturated rings. The monoisotopic (exact) mass is 354 g/mol. The van der Waals surface area contributed by atoms with E-state index in [4.69, 9.17) is 12.2 Å². The zero-order valence-electron chi connectivity index (χ0n) is 13.3. The largest absolute Gasteiger partial charge is 0.362 e. The average Bonchev–Trinajstić information content (AvgIpc) is 3.06. The van der Waals surface area contributed by atoms with Gasteiger partial charge in [-0.05, 0) is 48.8 Å². The van der Waals surface area contributed by atoms with Crippen LogP contribution in [0.4, 0.5) is 5.13 Å². The van der Waals surface area contributed by atoms with Gasteiger partial charge in [0.1, 0.15) is 0 Å². The Kier molecular flexibility index (Phi) is 5.51. The second-order valence-corrected chi connectivity index (χ2v) is 6.60. The molecule has 24 heavy (non-hydrogen) atoms. The predicted octanol–water partition coefficient (Wildman–Crippen LogP) is 4.04. The Balaban J connectivity index is 1.51. The molecule has 0 amide bonds. The first-order valence-corrected chi connectivity index (χ1v) is 8.96. The highest BCUT2D eigenvalue weighted by atomic mass is 32.1. The number of thiazole rings is 1. The van der Waals surface area contributed by atoms with Gasteiger partial charge in [0.15, 0.2) is 10.2 Å². The molecule has 2 heterocycles. The van der Waals surface area contributed by atoms with E-state index >= 15 is 0 Å². The molecule has 3 aromatic rings. The number of nitrogens with zero attached hydrogens (tertiary/aromatic N) is 2. The van der Waals surface area contributed by atoms with E-state index in [9.17, 15) is 0 Å². The number of hydrogen-bond acceptors (Lipinski definition) is 4. The molecular weight excluding hydrogens is 336 g/mol. The van der Waals surface area contributed by atoms with Gasteiger partial charge < -0.3 is 10.6 Å². The van der Waals surface area contributed by atoms with Crippen LogP contribution in [-0.2, 0) is 6.42 Å². The average molecular weight is 355 g/mol. The molecule has 122 valence electrons. The number of thiocarbonyl (C=S) groups is 1. The highest BCUT2D eigenvalue weighted by Gasteiger charge is 2.06. The van der Waals surface area contributed by atoms with E-state index in [1.54, 1.807) is 12.4 Å². The van der Waals surface area contributed by atoms with Crippen LogP contribution in [0.25, 0.3) is 11.3 Å². The van der Waals surface area contributed by atoms with Crippen molar-refractivity contribution in [1.82, 2.24) is 15.3 Å². The van der Waals surface area contributed by atoms with Gasteiger partial charge in [-0.25, -0.2) is 4.98 Å². The Labute approximate surface area is 151 Å². The Morgan fingerprint density at radius 2 is 2.08 bits per heavy atom. The third-order valence-electron chi connectivity index (χ3n) is 3.62. The van der Waals surface area contributed by atoms with Gasteiger partial charge in [0.2, 0.25) is 0 Å². The van der Waals surface area contributed by atoms with E-state index in [2.05, 4.69) is 51.8 Å². The van der Waals surface area contributed by atoms with Gasteiger partial charge in [-0.15, -0.1) is 11.3 Å². The number of aromatic nitrogens is 2. The van der Waals surface area contributed by atoms with Gasteiger partial charge >= 0.3 is 0 Å². The third kappa shape index (κ3) is 4.37. The summed E-state index contributed by atoms with van der Waals surface area (Å²) in [7, 11) is 0. The molecule has 0 spiro atoms. The van der Waals surface area contributed by atoms with E-state index in [0.29, 0.717) is 5.11 Å². The summed E-state index contributed by atoms with van der Waals surface area (Å²) in [6, 6.07) is 12.3. The maximum atomic E-state index is 5.34. The third-order valence-corrected chi connectivity index (χ3v) is 4.63. The number of pyridine rings is 1. The van der Waals surface area contributed by atoms with Gasteiger partial charge in [-0.1, -0.05) is 24.3 Å². The first kappa shape index (κ1) is 16.5. The van der Waals surface area contributed by atoms with Gasteiger partial charge in [-0.3, -0.25) is 4.98 Å². The first-order chi connectivity index (χ1) is 11.7. The van der Waals surface area contributed by atoms with Crippen LogP contribution in [0.2, 0.25) is 0 Å². The molecule has 6 heteroatoms. The first-order valence-electron chi connectivity index (χ1n) is 7.67. The number of nitrogens with one attached hydrogen (secondary N) is 2. The van der Waals surface area contributed by atoms with E-state index in [1.165, 1.54) is 22.5 Å². The quantitative estimate of drug-likeness (QED) is 0.677. The summed E-state index contributed by atoms with van der Waals surface area (Å²) in [5.74, 6) is 0. The fourth-order valence-corrected chi connectivity index (χ4v) is 3.31. The fourth-order valence-electron chi connectivity index (χ4n) is 2.32. The molecule has 0 bridgehead atoms. The van der Waals surface area contributed by atoms with Crippen molar-refractivity contribution in [3.63, 3.8) is 0 Å². The van der Waals surface area contributed by atoms with E-state index in [0.717, 1.165) is 29.4 Å². The minimum Gasteiger partial charge on any atom is -0.362 e. The summed E-state index contributed by atoms with van der Waals surface area (Å²) in [5, 5.41) is 9.74. The molecule has 0 aliphatic heterocycles. The van der Waals surface area contributed by atoms with Crippen molar-refractivity contribution in [1.29, 1.82) is 0 Å². The van der Waals surface area contributed by atoms with Gasteiger partial charge in [0, 0.05) is 29.9 Å². The van der Waals surface area contributed by atoms with Crippen LogP contribution in [0, 0.1) is 6.92 Å². The van der Waals surface area contributed by atoms with Gasteiger partial charge in [0.05, 0.1) is 5.69 Å². The van der Waals surface area contributed by atoms with Crippen LogP contribution in [0.5, 0.6) is 0 Å². The topological polar surface area (TPSA) is 49.8 Å². The molecule has 0 saturated carbocycles. The molecule has 4 nitrogen and oxygen atoms in total. The standard InChI is InChI=1S/C18H18N4S2/c1-13-5-2-3-6-14(13)8-10-20-17(23)22-18-21-16(12-24-18)15-7-4-9-19-11-15/h2-7,9,11-12H,8,10H2,1H3,(H2,20,21,22,23). The number of rotatable bonds is 5. The maximum absolute atomic E-state index is 5.34. The van der Waals surface area contributed by atoms with Crippen LogP contribution in [0.15, 0.2) is 54.2 Å². The van der Waals surface area contributed by atoms with Crippen LogP contribution >= 0.6 is 23.6 Å². The summed E-state index contributed by atoms with van der Waals surface area (Å²) in [5.41, 5.74) is 4.54. The SMILES string of the molecule is Cc1ccccc1CCNC(=S)Nc1nc(-c2cccnc2)cs1. The molecule has 0 aliphatic carbocycles.